The summed E-state index contributed by atoms with van der Waals surface area (Å²) in [6.07, 6.45) is 7.89. The van der Waals surface area contributed by atoms with Crippen molar-refractivity contribution in [2.45, 2.75) is 83.6 Å². The quantitative estimate of drug-likeness (QED) is 0.581. The van der Waals surface area contributed by atoms with Crippen molar-refractivity contribution in [3.8, 4) is 0 Å². The van der Waals surface area contributed by atoms with Crippen LogP contribution in [0.25, 0.3) is 0 Å². The first-order valence-corrected chi connectivity index (χ1v) is 13.5. The van der Waals surface area contributed by atoms with Crippen LogP contribution in [0.1, 0.15) is 64.9 Å². The lowest BCUT2D eigenvalue weighted by molar-refractivity contribution is -0.124. The van der Waals surface area contributed by atoms with E-state index in [-0.39, 0.29) is 29.6 Å². The zero-order valence-corrected chi connectivity index (χ0v) is 22.1. The molecule has 5 rings (SSSR count). The molecule has 3 aliphatic rings. The van der Waals surface area contributed by atoms with Crippen LogP contribution in [0.2, 0.25) is 0 Å². The molecule has 1 saturated carbocycles. The molecule has 1 aromatic carbocycles. The van der Waals surface area contributed by atoms with E-state index in [9.17, 15) is 4.79 Å². The molecule has 0 bridgehead atoms. The molecule has 1 aliphatic carbocycles. The zero-order chi connectivity index (χ0) is 25.3. The topological polar surface area (TPSA) is 66.9 Å². The molecule has 0 radical (unpaired) electrons. The van der Waals surface area contributed by atoms with Crippen LogP contribution in [-0.4, -0.2) is 48.9 Å². The predicted octanol–water partition coefficient (Wildman–Crippen LogP) is 5.66. The lowest BCUT2D eigenvalue weighted by Gasteiger charge is -2.40. The molecule has 2 aromatic rings. The predicted molar refractivity (Wildman–Crippen MR) is 144 cm³/mol. The number of nitrogens with zero attached hydrogens (tertiary/aromatic N) is 3. The van der Waals surface area contributed by atoms with Crippen LogP contribution in [0.15, 0.2) is 36.5 Å². The molecule has 2 fully saturated rings. The number of anilines is 4. The van der Waals surface area contributed by atoms with E-state index in [0.717, 1.165) is 80.1 Å². The van der Waals surface area contributed by atoms with E-state index in [1.165, 1.54) is 0 Å². The van der Waals surface area contributed by atoms with Gasteiger partial charge in [0.25, 0.3) is 0 Å². The van der Waals surface area contributed by atoms with Gasteiger partial charge in [0, 0.05) is 43.6 Å². The molecule has 1 aromatic heterocycles. The minimum absolute atomic E-state index is 0.0177. The van der Waals surface area contributed by atoms with Crippen molar-refractivity contribution in [1.29, 1.82) is 0 Å². The number of aromatic nitrogens is 1. The van der Waals surface area contributed by atoms with E-state index < -0.39 is 0 Å². The zero-order valence-electron chi connectivity index (χ0n) is 22.1. The second-order valence-electron chi connectivity index (χ2n) is 11.1. The molecule has 0 unspecified atom stereocenters. The second-order valence-corrected chi connectivity index (χ2v) is 11.1. The molecule has 7 nitrogen and oxygen atoms in total. The number of hydrogen-bond acceptors (Lipinski definition) is 6. The van der Waals surface area contributed by atoms with Gasteiger partial charge in [0.15, 0.2) is 0 Å². The molecule has 1 N–H and O–H groups in total. The molecular formula is C29H40N4O3. The Labute approximate surface area is 215 Å². The monoisotopic (exact) mass is 492 g/mol. The number of piperidine rings is 1. The van der Waals surface area contributed by atoms with E-state index in [0.29, 0.717) is 6.54 Å². The molecule has 2 aliphatic heterocycles. The summed E-state index contributed by atoms with van der Waals surface area (Å²) in [6.45, 7) is 8.75. The van der Waals surface area contributed by atoms with Crippen molar-refractivity contribution in [3.05, 3.63) is 42.1 Å². The fraction of sp³-hybridized carbons (Fsp3) is 0.586. The Morgan fingerprint density at radius 3 is 2.58 bits per heavy atom. The van der Waals surface area contributed by atoms with Crippen LogP contribution >= 0.6 is 0 Å². The molecular weight excluding hydrogens is 452 g/mol. The summed E-state index contributed by atoms with van der Waals surface area (Å²) in [5, 5.41) is 3.51. The first kappa shape index (κ1) is 25.0. The van der Waals surface area contributed by atoms with E-state index in [1.807, 2.05) is 11.0 Å². The number of methoxy groups -OCH3 is 1. The van der Waals surface area contributed by atoms with Crippen molar-refractivity contribution in [1.82, 2.24) is 4.98 Å². The summed E-state index contributed by atoms with van der Waals surface area (Å²) >= 11 is 0. The fourth-order valence-electron chi connectivity index (χ4n) is 5.80. The number of rotatable bonds is 5. The van der Waals surface area contributed by atoms with Crippen molar-refractivity contribution in [2.24, 2.45) is 5.92 Å². The Kier molecular flexibility index (Phi) is 7.22. The van der Waals surface area contributed by atoms with E-state index in [2.05, 4.69) is 60.2 Å². The van der Waals surface area contributed by atoms with Gasteiger partial charge in [-0.2, -0.15) is 0 Å². The van der Waals surface area contributed by atoms with Crippen LogP contribution in [-0.2, 0) is 20.8 Å². The van der Waals surface area contributed by atoms with Crippen LogP contribution in [0.3, 0.4) is 0 Å². The summed E-state index contributed by atoms with van der Waals surface area (Å²) in [6, 6.07) is 10.5. The summed E-state index contributed by atoms with van der Waals surface area (Å²) in [4.78, 5) is 23.0. The van der Waals surface area contributed by atoms with Gasteiger partial charge in [0.1, 0.15) is 5.82 Å². The largest absolute Gasteiger partial charge is 0.378 e. The highest BCUT2D eigenvalue weighted by molar-refractivity contribution is 6.00. The van der Waals surface area contributed by atoms with Crippen molar-refractivity contribution in [2.75, 3.05) is 35.3 Å². The number of benzene rings is 1. The number of amides is 1. The smallest absolute Gasteiger partial charge is 0.230 e. The molecule has 194 valence electrons. The SMILES string of the molecule is COC1(C)CCN(c2ccc3c(c2)N(C(=O)C2CCC(OC(C)C)CC2)Cc2cccnc2N3)CC1. The van der Waals surface area contributed by atoms with Crippen LogP contribution in [0.4, 0.5) is 22.9 Å². The molecule has 0 spiro atoms. The maximum atomic E-state index is 14.0. The first-order valence-electron chi connectivity index (χ1n) is 13.5. The van der Waals surface area contributed by atoms with Crippen molar-refractivity contribution < 1.29 is 14.3 Å². The third-order valence-corrected chi connectivity index (χ3v) is 8.18. The Balaban J connectivity index is 1.41. The maximum Gasteiger partial charge on any atom is 0.230 e. The van der Waals surface area contributed by atoms with E-state index >= 15 is 0 Å². The van der Waals surface area contributed by atoms with E-state index in [1.54, 1.807) is 13.3 Å². The average Bonchev–Trinajstić information content (AvgIpc) is 3.05. The number of carbonyl (C=O) groups excluding carboxylic acids is 1. The standard InChI is InChI=1S/C29H40N4O3/c1-20(2)36-24-10-7-21(8-11-24)28(34)33-19-22-6-5-15-30-27(22)31-25-12-9-23(18-26(25)33)32-16-13-29(3,35-4)14-17-32/h5-6,9,12,15,18,20-21,24H,7-8,10-11,13-14,16-17,19H2,1-4H3,(H,30,31). The van der Waals surface area contributed by atoms with Crippen LogP contribution in [0, 0.1) is 5.92 Å². The Hall–Kier alpha value is -2.64. The molecule has 3 heterocycles. The minimum Gasteiger partial charge on any atom is -0.378 e. The second kappa shape index (κ2) is 10.4. The summed E-state index contributed by atoms with van der Waals surface area (Å²) in [5.41, 5.74) is 4.00. The number of ether oxygens (including phenoxy) is 2. The van der Waals surface area contributed by atoms with Gasteiger partial charge in [-0.1, -0.05) is 6.07 Å². The van der Waals surface area contributed by atoms with Gasteiger partial charge in [0.05, 0.1) is 35.7 Å². The van der Waals surface area contributed by atoms with Gasteiger partial charge >= 0.3 is 0 Å². The normalized spacial score (nSPS) is 23.5. The maximum absolute atomic E-state index is 14.0. The number of pyridine rings is 1. The molecule has 1 saturated heterocycles. The summed E-state index contributed by atoms with van der Waals surface area (Å²) in [5.74, 6) is 1.05. The Morgan fingerprint density at radius 2 is 1.89 bits per heavy atom. The van der Waals surface area contributed by atoms with Gasteiger partial charge in [0.2, 0.25) is 5.91 Å². The van der Waals surface area contributed by atoms with Gasteiger partial charge in [-0.3, -0.25) is 4.79 Å². The molecule has 0 atom stereocenters. The van der Waals surface area contributed by atoms with Crippen LogP contribution in [0.5, 0.6) is 0 Å². The molecule has 1 amide bonds. The van der Waals surface area contributed by atoms with Crippen LogP contribution < -0.4 is 15.1 Å². The lowest BCUT2D eigenvalue weighted by atomic mass is 9.86. The fourth-order valence-corrected chi connectivity index (χ4v) is 5.80. The summed E-state index contributed by atoms with van der Waals surface area (Å²) < 4.78 is 11.8. The highest BCUT2D eigenvalue weighted by Gasteiger charge is 2.34. The van der Waals surface area contributed by atoms with Gasteiger partial charge < -0.3 is 24.6 Å². The van der Waals surface area contributed by atoms with Crippen molar-refractivity contribution in [3.63, 3.8) is 0 Å². The summed E-state index contributed by atoms with van der Waals surface area (Å²) in [7, 11) is 1.81. The Morgan fingerprint density at radius 1 is 1.14 bits per heavy atom. The van der Waals surface area contributed by atoms with Crippen molar-refractivity contribution >= 4 is 28.8 Å². The van der Waals surface area contributed by atoms with Gasteiger partial charge in [-0.05, 0) is 83.6 Å². The van der Waals surface area contributed by atoms with Gasteiger partial charge in [-0.15, -0.1) is 0 Å². The number of nitrogens with one attached hydrogen (secondary N) is 1. The van der Waals surface area contributed by atoms with E-state index in [4.69, 9.17) is 9.47 Å². The highest BCUT2D eigenvalue weighted by Crippen LogP contribution is 2.40. The third kappa shape index (κ3) is 5.23. The molecule has 36 heavy (non-hydrogen) atoms. The first-order chi connectivity index (χ1) is 17.3. The highest BCUT2D eigenvalue weighted by atomic mass is 16.5. The molecule has 7 heteroatoms. The third-order valence-electron chi connectivity index (χ3n) is 8.18. The average molecular weight is 493 g/mol. The number of hydrogen-bond donors (Lipinski definition) is 1. The lowest BCUT2D eigenvalue weighted by Crippen LogP contribution is -2.43. The Bertz CT molecular complexity index is 1070. The minimum atomic E-state index is -0.0583. The van der Waals surface area contributed by atoms with Gasteiger partial charge in [-0.25, -0.2) is 4.98 Å². The number of fused-ring (bicyclic) bond motifs is 2. The number of carbonyl (C=O) groups is 1.